The summed E-state index contributed by atoms with van der Waals surface area (Å²) in [5.74, 6) is 0.458. The van der Waals surface area contributed by atoms with Crippen LogP contribution in [-0.4, -0.2) is 37.7 Å². The Balaban J connectivity index is 1.77. The first-order valence-corrected chi connectivity index (χ1v) is 8.84. The monoisotopic (exact) mass is 294 g/mol. The van der Waals surface area contributed by atoms with Crippen LogP contribution in [0.25, 0.3) is 0 Å². The predicted molar refractivity (Wildman–Crippen MR) is 73.9 cm³/mol. The fourth-order valence-corrected chi connectivity index (χ4v) is 4.37. The summed E-state index contributed by atoms with van der Waals surface area (Å²) in [6.07, 6.45) is 7.21. The second kappa shape index (κ2) is 6.55. The third-order valence-corrected chi connectivity index (χ3v) is 6.00. The van der Waals surface area contributed by atoms with E-state index in [1.807, 2.05) is 0 Å². The summed E-state index contributed by atoms with van der Waals surface area (Å²) in [5.41, 5.74) is 0. The first-order valence-electron chi connectivity index (χ1n) is 6.97. The van der Waals surface area contributed by atoms with E-state index in [9.17, 15) is 8.42 Å². The normalized spacial score (nSPS) is 31.4. The maximum absolute atomic E-state index is 12.1. The lowest BCUT2D eigenvalue weighted by atomic mass is 9.89. The minimum Gasteiger partial charge on any atom is -0.202 e. The van der Waals surface area contributed by atoms with Gasteiger partial charge in [0.15, 0.2) is 0 Å². The van der Waals surface area contributed by atoms with E-state index in [2.05, 4.69) is 4.72 Å². The van der Waals surface area contributed by atoms with Crippen molar-refractivity contribution < 1.29 is 8.42 Å². The lowest BCUT2D eigenvalue weighted by molar-refractivity contribution is 0.329. The van der Waals surface area contributed by atoms with Gasteiger partial charge in [0.2, 0.25) is 0 Å². The number of hydrogen-bond donors (Lipinski definition) is 1. The Bertz CT molecular complexity index is 347. The van der Waals surface area contributed by atoms with E-state index in [-0.39, 0.29) is 0 Å². The number of halogens is 1. The van der Waals surface area contributed by atoms with Crippen LogP contribution in [0.2, 0.25) is 0 Å². The molecule has 1 aliphatic heterocycles. The summed E-state index contributed by atoms with van der Waals surface area (Å²) < 4.78 is 28.5. The molecule has 1 saturated carbocycles. The maximum Gasteiger partial charge on any atom is 0.279 e. The molecule has 0 radical (unpaired) electrons. The smallest absolute Gasteiger partial charge is 0.202 e. The van der Waals surface area contributed by atoms with Gasteiger partial charge in [-0.2, -0.15) is 12.7 Å². The van der Waals surface area contributed by atoms with Gasteiger partial charge in [0.05, 0.1) is 0 Å². The third-order valence-electron chi connectivity index (χ3n) is 3.99. The zero-order valence-electron chi connectivity index (χ0n) is 10.8. The zero-order valence-corrected chi connectivity index (χ0v) is 12.3. The topological polar surface area (TPSA) is 49.4 Å². The SMILES string of the molecule is O=S(=O)(NCC1CCC(Cl)CC1)N1CCCCC1. The molecule has 106 valence electrons. The number of nitrogens with one attached hydrogen (secondary N) is 1. The van der Waals surface area contributed by atoms with Crippen molar-refractivity contribution >= 4 is 21.8 Å². The van der Waals surface area contributed by atoms with Crippen LogP contribution in [0.5, 0.6) is 0 Å². The molecule has 0 aromatic heterocycles. The summed E-state index contributed by atoms with van der Waals surface area (Å²) in [5, 5.41) is 0.292. The molecule has 6 heteroatoms. The molecule has 0 amide bonds. The van der Waals surface area contributed by atoms with Gasteiger partial charge in [-0.15, -0.1) is 11.6 Å². The second-order valence-corrected chi connectivity index (χ2v) is 7.80. The minimum absolute atomic E-state index is 0.292. The van der Waals surface area contributed by atoms with E-state index in [0.29, 0.717) is 30.9 Å². The molecule has 18 heavy (non-hydrogen) atoms. The highest BCUT2D eigenvalue weighted by Crippen LogP contribution is 2.27. The molecule has 0 spiro atoms. The number of piperidine rings is 1. The molecule has 0 atom stereocenters. The van der Waals surface area contributed by atoms with Crippen molar-refractivity contribution in [1.29, 1.82) is 0 Å². The minimum atomic E-state index is -3.25. The Labute approximate surface area is 115 Å². The van der Waals surface area contributed by atoms with Crippen LogP contribution in [0.15, 0.2) is 0 Å². The number of alkyl halides is 1. The fraction of sp³-hybridized carbons (Fsp3) is 1.00. The highest BCUT2D eigenvalue weighted by molar-refractivity contribution is 7.87. The van der Waals surface area contributed by atoms with Crippen LogP contribution < -0.4 is 4.72 Å². The average molecular weight is 295 g/mol. The Morgan fingerprint density at radius 2 is 1.67 bits per heavy atom. The Morgan fingerprint density at radius 3 is 2.28 bits per heavy atom. The molecule has 2 rings (SSSR count). The first kappa shape index (κ1) is 14.6. The number of rotatable bonds is 4. The van der Waals surface area contributed by atoms with Gasteiger partial charge in [0.25, 0.3) is 10.2 Å². The molecular weight excluding hydrogens is 272 g/mol. The van der Waals surface area contributed by atoms with Gasteiger partial charge >= 0.3 is 0 Å². The molecule has 1 heterocycles. The summed E-state index contributed by atoms with van der Waals surface area (Å²) in [6, 6.07) is 0. The van der Waals surface area contributed by atoms with Crippen molar-refractivity contribution in [3.8, 4) is 0 Å². The van der Waals surface area contributed by atoms with Gasteiger partial charge in [-0.3, -0.25) is 0 Å². The molecule has 1 aliphatic carbocycles. The van der Waals surface area contributed by atoms with Gasteiger partial charge in [-0.25, -0.2) is 4.72 Å². The second-order valence-electron chi connectivity index (χ2n) is 5.43. The lowest BCUT2D eigenvalue weighted by Crippen LogP contribution is -2.45. The van der Waals surface area contributed by atoms with Crippen LogP contribution in [0.4, 0.5) is 0 Å². The van der Waals surface area contributed by atoms with Gasteiger partial charge in [0.1, 0.15) is 0 Å². The lowest BCUT2D eigenvalue weighted by Gasteiger charge is -2.29. The molecular formula is C12H23ClN2O2S. The molecule has 1 N–H and O–H groups in total. The van der Waals surface area contributed by atoms with E-state index in [4.69, 9.17) is 11.6 Å². The van der Waals surface area contributed by atoms with Crippen molar-refractivity contribution in [2.45, 2.75) is 50.3 Å². The highest BCUT2D eigenvalue weighted by Gasteiger charge is 2.26. The maximum atomic E-state index is 12.1. The number of nitrogens with zero attached hydrogens (tertiary/aromatic N) is 1. The van der Waals surface area contributed by atoms with Gasteiger partial charge in [-0.05, 0) is 44.4 Å². The summed E-state index contributed by atoms with van der Waals surface area (Å²) in [7, 11) is -3.25. The summed E-state index contributed by atoms with van der Waals surface area (Å²) in [4.78, 5) is 0. The average Bonchev–Trinajstić information content (AvgIpc) is 2.39. The van der Waals surface area contributed by atoms with Gasteiger partial charge in [-0.1, -0.05) is 6.42 Å². The van der Waals surface area contributed by atoms with E-state index in [1.165, 1.54) is 0 Å². The fourth-order valence-electron chi connectivity index (χ4n) is 2.75. The third kappa shape index (κ3) is 4.08. The molecule has 4 nitrogen and oxygen atoms in total. The van der Waals surface area contributed by atoms with E-state index < -0.39 is 10.2 Å². The molecule has 0 aromatic carbocycles. The van der Waals surface area contributed by atoms with Crippen LogP contribution in [0, 0.1) is 5.92 Å². The largest absolute Gasteiger partial charge is 0.279 e. The Hall–Kier alpha value is 0.160. The number of hydrogen-bond acceptors (Lipinski definition) is 2. The van der Waals surface area contributed by atoms with Crippen molar-refractivity contribution in [2.75, 3.05) is 19.6 Å². The van der Waals surface area contributed by atoms with Crippen molar-refractivity contribution in [1.82, 2.24) is 9.03 Å². The van der Waals surface area contributed by atoms with Crippen molar-refractivity contribution in [2.24, 2.45) is 5.92 Å². The predicted octanol–water partition coefficient (Wildman–Crippen LogP) is 2.10. The van der Waals surface area contributed by atoms with Crippen LogP contribution >= 0.6 is 11.6 Å². The van der Waals surface area contributed by atoms with E-state index >= 15 is 0 Å². The first-order chi connectivity index (χ1) is 8.58. The van der Waals surface area contributed by atoms with E-state index in [0.717, 1.165) is 44.9 Å². The quantitative estimate of drug-likeness (QED) is 0.807. The molecule has 1 saturated heterocycles. The molecule has 0 bridgehead atoms. The molecule has 2 fully saturated rings. The summed E-state index contributed by atoms with van der Waals surface area (Å²) in [6.45, 7) is 1.91. The van der Waals surface area contributed by atoms with Crippen LogP contribution in [-0.2, 0) is 10.2 Å². The van der Waals surface area contributed by atoms with Crippen molar-refractivity contribution in [3.63, 3.8) is 0 Å². The van der Waals surface area contributed by atoms with Gasteiger partial charge in [0, 0.05) is 25.0 Å². The Kier molecular flexibility index (Phi) is 5.30. The molecule has 0 aromatic rings. The standard InChI is InChI=1S/C12H23ClN2O2S/c13-12-6-4-11(5-7-12)10-14-18(16,17)15-8-2-1-3-9-15/h11-12,14H,1-10H2. The Morgan fingerprint density at radius 1 is 1.06 bits per heavy atom. The zero-order chi connectivity index (χ0) is 13.0. The van der Waals surface area contributed by atoms with E-state index in [1.54, 1.807) is 4.31 Å². The van der Waals surface area contributed by atoms with Crippen LogP contribution in [0.1, 0.15) is 44.9 Å². The molecule has 2 aliphatic rings. The molecule has 0 unspecified atom stereocenters. The summed E-state index contributed by atoms with van der Waals surface area (Å²) >= 11 is 6.05. The van der Waals surface area contributed by atoms with Crippen molar-refractivity contribution in [3.05, 3.63) is 0 Å². The van der Waals surface area contributed by atoms with Crippen LogP contribution in [0.3, 0.4) is 0 Å². The van der Waals surface area contributed by atoms with Gasteiger partial charge < -0.3 is 0 Å². The highest BCUT2D eigenvalue weighted by atomic mass is 35.5.